The Bertz CT molecular complexity index is 502. The number of alkyl halides is 1. The van der Waals surface area contributed by atoms with Crippen LogP contribution in [0.1, 0.15) is 25.7 Å². The summed E-state index contributed by atoms with van der Waals surface area (Å²) in [6.07, 6.45) is 0. The van der Waals surface area contributed by atoms with Crippen LogP contribution in [0.2, 0.25) is 0 Å². The molecule has 3 heteroatoms. The van der Waals surface area contributed by atoms with E-state index in [2.05, 4.69) is 76.0 Å². The molecule has 0 bridgehead atoms. The van der Waals surface area contributed by atoms with Gasteiger partial charge in [0.25, 0.3) is 0 Å². The van der Waals surface area contributed by atoms with Gasteiger partial charge in [0, 0.05) is 14.2 Å². The molecule has 1 atom stereocenters. The fraction of sp³-hybridized carbons (Fsp3) is 0.231. The first-order valence-corrected chi connectivity index (χ1v) is 7.57. The van der Waals surface area contributed by atoms with Gasteiger partial charge in [-0.15, -0.1) is 11.3 Å². The van der Waals surface area contributed by atoms with E-state index in [-0.39, 0.29) is 4.83 Å². The minimum atomic E-state index is 0.278. The number of hydrogen-bond acceptors (Lipinski definition) is 1. The maximum Gasteiger partial charge on any atom is 0.0749 e. The molecule has 0 fully saturated rings. The lowest BCUT2D eigenvalue weighted by atomic mass is 10.1. The first-order chi connectivity index (χ1) is 7.58. The van der Waals surface area contributed by atoms with Crippen LogP contribution in [0.3, 0.4) is 0 Å². The number of halogens is 2. The molecular formula is C13H12Br2S. The highest BCUT2D eigenvalue weighted by Crippen LogP contribution is 2.38. The van der Waals surface area contributed by atoms with Gasteiger partial charge in [0.15, 0.2) is 0 Å². The van der Waals surface area contributed by atoms with Crippen molar-refractivity contribution in [3.05, 3.63) is 55.7 Å². The molecule has 2 aromatic rings. The lowest BCUT2D eigenvalue weighted by Gasteiger charge is -2.11. The molecule has 0 saturated carbocycles. The third kappa shape index (κ3) is 2.58. The van der Waals surface area contributed by atoms with Crippen molar-refractivity contribution in [2.24, 2.45) is 0 Å². The van der Waals surface area contributed by atoms with Gasteiger partial charge in [-0.05, 0) is 37.6 Å². The molecule has 0 N–H and O–H groups in total. The Morgan fingerprint density at radius 1 is 1.12 bits per heavy atom. The fourth-order valence-corrected chi connectivity index (χ4v) is 4.07. The number of thiophene rings is 1. The second-order valence-electron chi connectivity index (χ2n) is 3.84. The van der Waals surface area contributed by atoms with Crippen molar-refractivity contribution in [1.82, 2.24) is 0 Å². The van der Waals surface area contributed by atoms with E-state index < -0.39 is 0 Å². The molecule has 84 valence electrons. The summed E-state index contributed by atoms with van der Waals surface area (Å²) in [6, 6.07) is 10.8. The van der Waals surface area contributed by atoms with Gasteiger partial charge >= 0.3 is 0 Å². The standard InChI is InChI=1S/C13H12Br2S/c1-8-3-5-11(14)10(7-8)13(15)12-6-4-9(2)16-12/h3-7,13H,1-2H3. The quantitative estimate of drug-likeness (QED) is 0.611. The minimum absolute atomic E-state index is 0.278. The topological polar surface area (TPSA) is 0 Å². The van der Waals surface area contributed by atoms with E-state index in [0.29, 0.717) is 0 Å². The van der Waals surface area contributed by atoms with Crippen molar-refractivity contribution in [3.63, 3.8) is 0 Å². The average molecular weight is 360 g/mol. The Morgan fingerprint density at radius 3 is 2.50 bits per heavy atom. The number of benzene rings is 1. The molecule has 0 nitrogen and oxygen atoms in total. The highest BCUT2D eigenvalue weighted by atomic mass is 79.9. The Balaban J connectivity index is 2.40. The maximum absolute atomic E-state index is 3.77. The Morgan fingerprint density at radius 2 is 1.88 bits per heavy atom. The van der Waals surface area contributed by atoms with Crippen LogP contribution >= 0.6 is 43.2 Å². The van der Waals surface area contributed by atoms with Gasteiger partial charge in [-0.3, -0.25) is 0 Å². The van der Waals surface area contributed by atoms with Gasteiger partial charge in [-0.25, -0.2) is 0 Å². The van der Waals surface area contributed by atoms with Crippen LogP contribution in [0.5, 0.6) is 0 Å². The predicted octanol–water partition coefficient (Wildman–Crippen LogP) is 5.61. The molecule has 0 aliphatic rings. The molecular weight excluding hydrogens is 348 g/mol. The summed E-state index contributed by atoms with van der Waals surface area (Å²) in [5, 5.41) is 0. The molecule has 0 amide bonds. The van der Waals surface area contributed by atoms with Crippen LogP contribution in [0.25, 0.3) is 0 Å². The van der Waals surface area contributed by atoms with Gasteiger partial charge in [-0.2, -0.15) is 0 Å². The molecule has 1 aromatic heterocycles. The van der Waals surface area contributed by atoms with E-state index in [4.69, 9.17) is 0 Å². The second-order valence-corrected chi connectivity index (χ2v) is 6.93. The normalized spacial score (nSPS) is 12.8. The summed E-state index contributed by atoms with van der Waals surface area (Å²) < 4.78 is 1.16. The average Bonchev–Trinajstić information content (AvgIpc) is 2.67. The number of rotatable bonds is 2. The SMILES string of the molecule is Cc1ccc(Br)c(C(Br)c2ccc(C)s2)c1. The van der Waals surface area contributed by atoms with Crippen LogP contribution in [-0.4, -0.2) is 0 Å². The van der Waals surface area contributed by atoms with Crippen LogP contribution in [0, 0.1) is 13.8 Å². The molecule has 1 unspecified atom stereocenters. The summed E-state index contributed by atoms with van der Waals surface area (Å²) in [6.45, 7) is 4.26. The Kier molecular flexibility index (Phi) is 3.88. The zero-order valence-corrected chi connectivity index (χ0v) is 13.1. The molecule has 0 aliphatic carbocycles. The van der Waals surface area contributed by atoms with Crippen LogP contribution in [0.15, 0.2) is 34.8 Å². The summed E-state index contributed by atoms with van der Waals surface area (Å²) >= 11 is 9.22. The van der Waals surface area contributed by atoms with Gasteiger partial charge in [0.1, 0.15) is 0 Å². The van der Waals surface area contributed by atoms with Gasteiger partial charge in [0.2, 0.25) is 0 Å². The van der Waals surface area contributed by atoms with E-state index in [1.807, 2.05) is 11.3 Å². The Hall–Kier alpha value is -0.120. The molecule has 0 aliphatic heterocycles. The number of aryl methyl sites for hydroxylation is 2. The zero-order valence-electron chi connectivity index (χ0n) is 9.13. The zero-order chi connectivity index (χ0) is 11.7. The van der Waals surface area contributed by atoms with Crippen molar-refractivity contribution < 1.29 is 0 Å². The molecule has 16 heavy (non-hydrogen) atoms. The summed E-state index contributed by atoms with van der Waals surface area (Å²) in [5.41, 5.74) is 2.58. The second kappa shape index (κ2) is 5.03. The number of hydrogen-bond donors (Lipinski definition) is 0. The van der Waals surface area contributed by atoms with Crippen LogP contribution in [-0.2, 0) is 0 Å². The summed E-state index contributed by atoms with van der Waals surface area (Å²) in [7, 11) is 0. The van der Waals surface area contributed by atoms with E-state index in [0.717, 1.165) is 4.47 Å². The van der Waals surface area contributed by atoms with E-state index in [1.165, 1.54) is 20.9 Å². The molecule has 1 aromatic carbocycles. The van der Waals surface area contributed by atoms with E-state index in [9.17, 15) is 0 Å². The molecule has 0 spiro atoms. The monoisotopic (exact) mass is 358 g/mol. The van der Waals surface area contributed by atoms with Crippen molar-refractivity contribution in [2.45, 2.75) is 18.7 Å². The smallest absolute Gasteiger partial charge is 0.0749 e. The van der Waals surface area contributed by atoms with Crippen LogP contribution < -0.4 is 0 Å². The lowest BCUT2D eigenvalue weighted by Crippen LogP contribution is -1.92. The summed E-state index contributed by atoms with van der Waals surface area (Å²) in [4.78, 5) is 2.98. The molecule has 2 rings (SSSR count). The third-order valence-corrected chi connectivity index (χ3v) is 5.51. The molecule has 1 heterocycles. The van der Waals surface area contributed by atoms with E-state index >= 15 is 0 Å². The van der Waals surface area contributed by atoms with E-state index in [1.54, 1.807) is 0 Å². The van der Waals surface area contributed by atoms with Crippen molar-refractivity contribution in [1.29, 1.82) is 0 Å². The summed E-state index contributed by atoms with van der Waals surface area (Å²) in [5.74, 6) is 0. The minimum Gasteiger partial charge on any atom is -0.144 e. The largest absolute Gasteiger partial charge is 0.144 e. The molecule has 0 radical (unpaired) electrons. The van der Waals surface area contributed by atoms with Crippen molar-refractivity contribution in [3.8, 4) is 0 Å². The van der Waals surface area contributed by atoms with Crippen molar-refractivity contribution in [2.75, 3.05) is 0 Å². The maximum atomic E-state index is 3.77. The third-order valence-electron chi connectivity index (χ3n) is 2.44. The van der Waals surface area contributed by atoms with Crippen LogP contribution in [0.4, 0.5) is 0 Å². The van der Waals surface area contributed by atoms with Gasteiger partial charge in [-0.1, -0.05) is 49.6 Å². The first-order valence-electron chi connectivity index (χ1n) is 5.04. The highest BCUT2D eigenvalue weighted by molar-refractivity contribution is 9.11. The van der Waals surface area contributed by atoms with Gasteiger partial charge in [0.05, 0.1) is 4.83 Å². The first kappa shape index (κ1) is 12.3. The lowest BCUT2D eigenvalue weighted by molar-refractivity contribution is 1.19. The Labute approximate surface area is 117 Å². The highest BCUT2D eigenvalue weighted by Gasteiger charge is 2.15. The predicted molar refractivity (Wildman–Crippen MR) is 78.7 cm³/mol. The van der Waals surface area contributed by atoms with Gasteiger partial charge < -0.3 is 0 Å². The fourth-order valence-electron chi connectivity index (χ4n) is 1.60. The van der Waals surface area contributed by atoms with Crippen molar-refractivity contribution >= 4 is 43.2 Å². The molecule has 0 saturated heterocycles.